The minimum absolute atomic E-state index is 0.0846. The van der Waals surface area contributed by atoms with Crippen molar-refractivity contribution >= 4 is 5.91 Å². The van der Waals surface area contributed by atoms with E-state index < -0.39 is 0 Å². The quantitative estimate of drug-likeness (QED) is 0.854. The molecular weight excluding hydrogens is 290 g/mol. The highest BCUT2D eigenvalue weighted by Gasteiger charge is 2.30. The fourth-order valence-corrected chi connectivity index (χ4v) is 2.85. The largest absolute Gasteiger partial charge is 0.331 e. The average molecular weight is 313 g/mol. The van der Waals surface area contributed by atoms with E-state index >= 15 is 0 Å². The van der Waals surface area contributed by atoms with Crippen LogP contribution in [0.3, 0.4) is 0 Å². The molecule has 3 heterocycles. The Labute approximate surface area is 136 Å². The van der Waals surface area contributed by atoms with Crippen molar-refractivity contribution in [3.05, 3.63) is 41.5 Å². The first-order valence-corrected chi connectivity index (χ1v) is 7.91. The Morgan fingerprint density at radius 1 is 1.26 bits per heavy atom. The Morgan fingerprint density at radius 3 is 2.61 bits per heavy atom. The van der Waals surface area contributed by atoms with Crippen LogP contribution in [-0.4, -0.2) is 30.3 Å². The highest BCUT2D eigenvalue weighted by Crippen LogP contribution is 2.26. The lowest BCUT2D eigenvalue weighted by Crippen LogP contribution is -2.32. The molecule has 0 N–H and O–H groups in total. The molecule has 1 aliphatic rings. The SMILES string of the molecule is Cc1nccn1C(C)C(=O)N1Cc2cnc(C(C)(C)C)nc2C1. The van der Waals surface area contributed by atoms with E-state index in [2.05, 4.69) is 35.7 Å². The summed E-state index contributed by atoms with van der Waals surface area (Å²) in [5.41, 5.74) is 1.92. The predicted octanol–water partition coefficient (Wildman–Crippen LogP) is 2.38. The van der Waals surface area contributed by atoms with E-state index in [0.717, 1.165) is 22.9 Å². The summed E-state index contributed by atoms with van der Waals surface area (Å²) < 4.78 is 1.90. The summed E-state index contributed by atoms with van der Waals surface area (Å²) in [6.07, 6.45) is 5.43. The number of nitrogens with zero attached hydrogens (tertiary/aromatic N) is 5. The Bertz CT molecular complexity index is 744. The number of aryl methyl sites for hydroxylation is 1. The van der Waals surface area contributed by atoms with Crippen molar-refractivity contribution in [1.29, 1.82) is 0 Å². The first-order chi connectivity index (χ1) is 10.8. The van der Waals surface area contributed by atoms with Crippen molar-refractivity contribution in [3.8, 4) is 0 Å². The zero-order valence-electron chi connectivity index (χ0n) is 14.4. The van der Waals surface area contributed by atoms with Gasteiger partial charge < -0.3 is 9.47 Å². The minimum Gasteiger partial charge on any atom is -0.331 e. The predicted molar refractivity (Wildman–Crippen MR) is 86.7 cm³/mol. The van der Waals surface area contributed by atoms with Crippen LogP contribution >= 0.6 is 0 Å². The molecule has 0 saturated carbocycles. The molecule has 1 aliphatic heterocycles. The second-order valence-corrected chi connectivity index (χ2v) is 7.17. The van der Waals surface area contributed by atoms with Crippen LogP contribution in [0, 0.1) is 6.92 Å². The molecule has 0 fully saturated rings. The van der Waals surface area contributed by atoms with Gasteiger partial charge in [-0.05, 0) is 13.8 Å². The first kappa shape index (κ1) is 15.6. The van der Waals surface area contributed by atoms with Gasteiger partial charge in [-0.2, -0.15) is 0 Å². The number of fused-ring (bicyclic) bond motifs is 1. The van der Waals surface area contributed by atoms with E-state index in [1.54, 1.807) is 6.20 Å². The lowest BCUT2D eigenvalue weighted by Gasteiger charge is -2.21. The summed E-state index contributed by atoms with van der Waals surface area (Å²) >= 11 is 0. The van der Waals surface area contributed by atoms with Gasteiger partial charge >= 0.3 is 0 Å². The third-order valence-electron chi connectivity index (χ3n) is 4.28. The van der Waals surface area contributed by atoms with Gasteiger partial charge in [-0.15, -0.1) is 0 Å². The molecule has 2 aromatic rings. The highest BCUT2D eigenvalue weighted by molar-refractivity contribution is 5.80. The van der Waals surface area contributed by atoms with Crippen LogP contribution in [0.2, 0.25) is 0 Å². The van der Waals surface area contributed by atoms with E-state index in [4.69, 9.17) is 0 Å². The lowest BCUT2D eigenvalue weighted by atomic mass is 9.95. The molecule has 0 spiro atoms. The zero-order valence-corrected chi connectivity index (χ0v) is 14.4. The number of amides is 1. The number of hydrogen-bond donors (Lipinski definition) is 0. The molecule has 1 amide bonds. The fraction of sp³-hybridized carbons (Fsp3) is 0.529. The van der Waals surface area contributed by atoms with Crippen molar-refractivity contribution in [3.63, 3.8) is 0 Å². The molecule has 6 heteroatoms. The molecule has 0 aromatic carbocycles. The Balaban J connectivity index is 1.79. The van der Waals surface area contributed by atoms with Gasteiger partial charge in [-0.25, -0.2) is 15.0 Å². The van der Waals surface area contributed by atoms with Gasteiger partial charge in [0.05, 0.1) is 12.2 Å². The number of carbonyl (C=O) groups excluding carboxylic acids is 1. The third-order valence-corrected chi connectivity index (χ3v) is 4.28. The summed E-state index contributed by atoms with van der Waals surface area (Å²) in [5.74, 6) is 1.75. The van der Waals surface area contributed by atoms with E-state index in [1.165, 1.54) is 0 Å². The summed E-state index contributed by atoms with van der Waals surface area (Å²) in [4.78, 5) is 27.9. The molecular formula is C17H23N5O. The number of carbonyl (C=O) groups is 1. The number of hydrogen-bond acceptors (Lipinski definition) is 4. The lowest BCUT2D eigenvalue weighted by molar-refractivity contribution is -0.135. The van der Waals surface area contributed by atoms with Crippen molar-refractivity contribution < 1.29 is 4.79 Å². The number of rotatable bonds is 2. The van der Waals surface area contributed by atoms with Crippen LogP contribution in [0.1, 0.15) is 56.6 Å². The van der Waals surface area contributed by atoms with Crippen LogP contribution in [0.5, 0.6) is 0 Å². The Kier molecular flexibility index (Phi) is 3.70. The topological polar surface area (TPSA) is 63.9 Å². The second kappa shape index (κ2) is 5.44. The zero-order chi connectivity index (χ0) is 16.8. The van der Waals surface area contributed by atoms with E-state index in [9.17, 15) is 4.79 Å². The van der Waals surface area contributed by atoms with E-state index in [-0.39, 0.29) is 17.4 Å². The normalized spacial score (nSPS) is 15.6. The maximum atomic E-state index is 12.8. The molecule has 122 valence electrons. The molecule has 2 aromatic heterocycles. The van der Waals surface area contributed by atoms with Crippen LogP contribution < -0.4 is 0 Å². The van der Waals surface area contributed by atoms with Gasteiger partial charge in [0, 0.05) is 36.1 Å². The third kappa shape index (κ3) is 2.85. The second-order valence-electron chi connectivity index (χ2n) is 7.17. The van der Waals surface area contributed by atoms with Crippen molar-refractivity contribution in [1.82, 2.24) is 24.4 Å². The summed E-state index contributed by atoms with van der Waals surface area (Å²) in [5, 5.41) is 0. The molecule has 0 aliphatic carbocycles. The molecule has 1 atom stereocenters. The van der Waals surface area contributed by atoms with Gasteiger partial charge in [-0.3, -0.25) is 4.79 Å². The molecule has 3 rings (SSSR count). The summed E-state index contributed by atoms with van der Waals surface area (Å²) in [6.45, 7) is 11.2. The van der Waals surface area contributed by atoms with Crippen molar-refractivity contribution in [2.75, 3.05) is 0 Å². The molecule has 1 unspecified atom stereocenters. The summed E-state index contributed by atoms with van der Waals surface area (Å²) in [7, 11) is 0. The van der Waals surface area contributed by atoms with E-state index in [0.29, 0.717) is 13.1 Å². The van der Waals surface area contributed by atoms with Crippen LogP contribution in [-0.2, 0) is 23.3 Å². The first-order valence-electron chi connectivity index (χ1n) is 7.91. The van der Waals surface area contributed by atoms with Gasteiger partial charge in [-0.1, -0.05) is 20.8 Å². The van der Waals surface area contributed by atoms with Crippen molar-refractivity contribution in [2.24, 2.45) is 0 Å². The molecule has 0 radical (unpaired) electrons. The van der Waals surface area contributed by atoms with Crippen LogP contribution in [0.25, 0.3) is 0 Å². The maximum Gasteiger partial charge on any atom is 0.246 e. The fourth-order valence-electron chi connectivity index (χ4n) is 2.85. The maximum absolute atomic E-state index is 12.8. The smallest absolute Gasteiger partial charge is 0.246 e. The summed E-state index contributed by atoms with van der Waals surface area (Å²) in [6, 6.07) is -0.262. The van der Waals surface area contributed by atoms with Crippen LogP contribution in [0.15, 0.2) is 18.6 Å². The molecule has 0 bridgehead atoms. The highest BCUT2D eigenvalue weighted by atomic mass is 16.2. The molecule has 0 saturated heterocycles. The average Bonchev–Trinajstić information content (AvgIpc) is 3.09. The molecule has 6 nitrogen and oxygen atoms in total. The van der Waals surface area contributed by atoms with Crippen molar-refractivity contribution in [2.45, 2.75) is 59.2 Å². The van der Waals surface area contributed by atoms with Crippen LogP contribution in [0.4, 0.5) is 0 Å². The van der Waals surface area contributed by atoms with E-state index in [1.807, 2.05) is 35.7 Å². The van der Waals surface area contributed by atoms with Gasteiger partial charge in [0.15, 0.2) is 0 Å². The number of imidazole rings is 1. The standard InChI is InChI=1S/C17H23N5O/c1-11(22-7-6-18-12(22)2)15(23)21-9-13-8-19-16(17(3,4)5)20-14(13)10-21/h6-8,11H,9-10H2,1-5H3. The van der Waals surface area contributed by atoms with Gasteiger partial charge in [0.2, 0.25) is 5.91 Å². The van der Waals surface area contributed by atoms with Gasteiger partial charge in [0.25, 0.3) is 0 Å². The van der Waals surface area contributed by atoms with Gasteiger partial charge in [0.1, 0.15) is 17.7 Å². The molecule has 23 heavy (non-hydrogen) atoms. The minimum atomic E-state index is -0.262. The Hall–Kier alpha value is -2.24. The Morgan fingerprint density at radius 2 is 2.00 bits per heavy atom. The number of aromatic nitrogens is 4. The monoisotopic (exact) mass is 313 g/mol.